The van der Waals surface area contributed by atoms with E-state index in [1.54, 1.807) is 23.1 Å². The molecular formula is C26H34Cl2N2O3. The van der Waals surface area contributed by atoms with Gasteiger partial charge in [0.1, 0.15) is 11.8 Å². The van der Waals surface area contributed by atoms with E-state index in [0.717, 1.165) is 16.9 Å². The van der Waals surface area contributed by atoms with Gasteiger partial charge in [0, 0.05) is 29.6 Å². The van der Waals surface area contributed by atoms with Gasteiger partial charge >= 0.3 is 0 Å². The van der Waals surface area contributed by atoms with Gasteiger partial charge in [0.2, 0.25) is 11.8 Å². The summed E-state index contributed by atoms with van der Waals surface area (Å²) in [4.78, 5) is 27.8. The van der Waals surface area contributed by atoms with Crippen molar-refractivity contribution >= 4 is 35.0 Å². The van der Waals surface area contributed by atoms with E-state index < -0.39 is 6.04 Å². The number of hydrogen-bond donors (Lipinski definition) is 1. The third-order valence-corrected chi connectivity index (χ3v) is 5.84. The summed E-state index contributed by atoms with van der Waals surface area (Å²) < 4.78 is 5.76. The lowest BCUT2D eigenvalue weighted by Gasteiger charge is -2.31. The second-order valence-corrected chi connectivity index (χ2v) is 9.43. The molecule has 0 saturated carbocycles. The molecule has 0 saturated heterocycles. The standard InChI is InChI=1S/C26H34Cl2N2O3/c1-5-24(26(32)29-16-18(2)3)30(17-20-10-11-21(27)15-23(20)28)25(31)7-6-14-33-22-12-8-19(4)9-13-22/h8-13,15,18,24H,5-7,14,16-17H2,1-4H3,(H,29,32)/t24-/m0/s1. The Balaban J connectivity index is 2.09. The Bertz CT molecular complexity index is 916. The summed E-state index contributed by atoms with van der Waals surface area (Å²) in [5, 5.41) is 3.96. The van der Waals surface area contributed by atoms with E-state index >= 15 is 0 Å². The number of rotatable bonds is 12. The molecule has 1 N–H and O–H groups in total. The van der Waals surface area contributed by atoms with Gasteiger partial charge in [0.05, 0.1) is 6.61 Å². The van der Waals surface area contributed by atoms with Crippen LogP contribution >= 0.6 is 23.2 Å². The quantitative estimate of drug-likeness (QED) is 0.367. The number of aryl methyl sites for hydroxylation is 1. The van der Waals surface area contributed by atoms with Crippen LogP contribution in [0.1, 0.15) is 51.2 Å². The van der Waals surface area contributed by atoms with Gasteiger partial charge in [-0.05, 0) is 55.5 Å². The Labute approximate surface area is 207 Å². The smallest absolute Gasteiger partial charge is 0.242 e. The molecule has 0 spiro atoms. The Morgan fingerprint density at radius 1 is 1.09 bits per heavy atom. The van der Waals surface area contributed by atoms with Gasteiger partial charge in [-0.1, -0.05) is 67.7 Å². The minimum atomic E-state index is -0.582. The molecule has 5 nitrogen and oxygen atoms in total. The van der Waals surface area contributed by atoms with Crippen molar-refractivity contribution in [3.05, 3.63) is 63.6 Å². The molecule has 0 aliphatic carbocycles. The maximum atomic E-state index is 13.2. The highest BCUT2D eigenvalue weighted by Gasteiger charge is 2.28. The lowest BCUT2D eigenvalue weighted by Crippen LogP contribution is -2.49. The van der Waals surface area contributed by atoms with Crippen molar-refractivity contribution in [1.29, 1.82) is 0 Å². The molecule has 7 heteroatoms. The Kier molecular flexibility index (Phi) is 11.0. The van der Waals surface area contributed by atoms with Gasteiger partial charge < -0.3 is 15.0 Å². The van der Waals surface area contributed by atoms with Crippen molar-refractivity contribution in [2.24, 2.45) is 5.92 Å². The molecular weight excluding hydrogens is 459 g/mol. The average molecular weight is 493 g/mol. The molecule has 0 unspecified atom stereocenters. The normalized spacial score (nSPS) is 11.8. The molecule has 1 atom stereocenters. The van der Waals surface area contributed by atoms with Crippen molar-refractivity contribution in [1.82, 2.24) is 10.2 Å². The highest BCUT2D eigenvalue weighted by molar-refractivity contribution is 6.35. The lowest BCUT2D eigenvalue weighted by molar-refractivity contribution is -0.141. The highest BCUT2D eigenvalue weighted by atomic mass is 35.5. The number of halogens is 2. The van der Waals surface area contributed by atoms with Crippen molar-refractivity contribution in [2.45, 2.75) is 59.5 Å². The first kappa shape index (κ1) is 27.0. The largest absolute Gasteiger partial charge is 0.494 e. The molecule has 2 rings (SSSR count). The zero-order valence-electron chi connectivity index (χ0n) is 19.9. The van der Waals surface area contributed by atoms with E-state index in [4.69, 9.17) is 27.9 Å². The second-order valence-electron chi connectivity index (χ2n) is 8.59. The fraction of sp³-hybridized carbons (Fsp3) is 0.462. The number of nitrogens with zero attached hydrogens (tertiary/aromatic N) is 1. The third-order valence-electron chi connectivity index (χ3n) is 5.25. The molecule has 2 aromatic rings. The summed E-state index contributed by atoms with van der Waals surface area (Å²) in [6.45, 7) is 9.21. The summed E-state index contributed by atoms with van der Waals surface area (Å²) in [6, 6.07) is 12.4. The molecule has 0 aromatic heterocycles. The van der Waals surface area contributed by atoms with Crippen LogP contribution in [0.4, 0.5) is 0 Å². The Morgan fingerprint density at radius 3 is 2.39 bits per heavy atom. The fourth-order valence-electron chi connectivity index (χ4n) is 3.37. The van der Waals surface area contributed by atoms with Crippen LogP contribution in [-0.2, 0) is 16.1 Å². The van der Waals surface area contributed by atoms with Gasteiger partial charge in [-0.3, -0.25) is 9.59 Å². The molecule has 0 aliphatic rings. The van der Waals surface area contributed by atoms with Crippen LogP contribution in [0.2, 0.25) is 10.0 Å². The predicted octanol–water partition coefficient (Wildman–Crippen LogP) is 6.04. The number of benzene rings is 2. The summed E-state index contributed by atoms with van der Waals surface area (Å²) in [6.07, 6.45) is 1.31. The SMILES string of the molecule is CC[C@@H](C(=O)NCC(C)C)N(Cc1ccc(Cl)cc1Cl)C(=O)CCCOc1ccc(C)cc1. The number of nitrogens with one attached hydrogen (secondary N) is 1. The first-order valence-corrected chi connectivity index (χ1v) is 12.2. The van der Waals surface area contributed by atoms with Crippen LogP contribution in [0.25, 0.3) is 0 Å². The van der Waals surface area contributed by atoms with E-state index in [2.05, 4.69) is 5.32 Å². The average Bonchev–Trinajstić information content (AvgIpc) is 2.77. The molecule has 33 heavy (non-hydrogen) atoms. The molecule has 0 radical (unpaired) electrons. The minimum Gasteiger partial charge on any atom is -0.494 e. The van der Waals surface area contributed by atoms with Gasteiger partial charge in [-0.15, -0.1) is 0 Å². The van der Waals surface area contributed by atoms with Crippen molar-refractivity contribution in [2.75, 3.05) is 13.2 Å². The monoisotopic (exact) mass is 492 g/mol. The molecule has 180 valence electrons. The maximum Gasteiger partial charge on any atom is 0.242 e. The summed E-state index contributed by atoms with van der Waals surface area (Å²) in [7, 11) is 0. The highest BCUT2D eigenvalue weighted by Crippen LogP contribution is 2.24. The number of carbonyl (C=O) groups is 2. The topological polar surface area (TPSA) is 58.6 Å². The van der Waals surface area contributed by atoms with Crippen LogP contribution < -0.4 is 10.1 Å². The third kappa shape index (κ3) is 8.90. The van der Waals surface area contributed by atoms with Crippen LogP contribution in [0, 0.1) is 12.8 Å². The summed E-state index contributed by atoms with van der Waals surface area (Å²) >= 11 is 12.4. The maximum absolute atomic E-state index is 13.2. The van der Waals surface area contributed by atoms with Gasteiger partial charge in [-0.2, -0.15) is 0 Å². The van der Waals surface area contributed by atoms with Crippen molar-refractivity contribution in [3.63, 3.8) is 0 Å². The molecule has 0 bridgehead atoms. The van der Waals surface area contributed by atoms with E-state index in [0.29, 0.717) is 42.0 Å². The molecule has 0 aliphatic heterocycles. The first-order chi connectivity index (χ1) is 15.7. The van der Waals surface area contributed by atoms with Gasteiger partial charge in [0.15, 0.2) is 0 Å². The Morgan fingerprint density at radius 2 is 1.79 bits per heavy atom. The lowest BCUT2D eigenvalue weighted by atomic mass is 10.1. The fourth-order valence-corrected chi connectivity index (χ4v) is 3.84. The van der Waals surface area contributed by atoms with E-state index in [1.807, 2.05) is 52.0 Å². The number of carbonyl (C=O) groups excluding carboxylic acids is 2. The minimum absolute atomic E-state index is 0.111. The number of hydrogen-bond acceptors (Lipinski definition) is 3. The van der Waals surface area contributed by atoms with Crippen LogP contribution in [0.3, 0.4) is 0 Å². The first-order valence-electron chi connectivity index (χ1n) is 11.4. The second kappa shape index (κ2) is 13.5. The molecule has 2 amide bonds. The molecule has 2 aromatic carbocycles. The Hall–Kier alpha value is -2.24. The molecule has 0 fully saturated rings. The summed E-state index contributed by atoms with van der Waals surface area (Å²) in [5.74, 6) is 0.832. The van der Waals surface area contributed by atoms with E-state index in [1.165, 1.54) is 0 Å². The van der Waals surface area contributed by atoms with Crippen molar-refractivity contribution < 1.29 is 14.3 Å². The predicted molar refractivity (Wildman–Crippen MR) is 135 cm³/mol. The van der Waals surface area contributed by atoms with Crippen LogP contribution in [-0.4, -0.2) is 35.9 Å². The van der Waals surface area contributed by atoms with Crippen molar-refractivity contribution in [3.8, 4) is 5.75 Å². The van der Waals surface area contributed by atoms with Gasteiger partial charge in [-0.25, -0.2) is 0 Å². The van der Waals surface area contributed by atoms with E-state index in [9.17, 15) is 9.59 Å². The van der Waals surface area contributed by atoms with Gasteiger partial charge in [0.25, 0.3) is 0 Å². The zero-order valence-corrected chi connectivity index (χ0v) is 21.4. The van der Waals surface area contributed by atoms with Crippen LogP contribution in [0.15, 0.2) is 42.5 Å². The number of ether oxygens (including phenoxy) is 1. The van der Waals surface area contributed by atoms with Crippen LogP contribution in [0.5, 0.6) is 5.75 Å². The molecule has 0 heterocycles. The number of amides is 2. The zero-order chi connectivity index (χ0) is 24.4. The summed E-state index contributed by atoms with van der Waals surface area (Å²) in [5.41, 5.74) is 1.91. The van der Waals surface area contributed by atoms with E-state index in [-0.39, 0.29) is 24.8 Å².